The van der Waals surface area contributed by atoms with Crippen LogP contribution in [0.2, 0.25) is 0 Å². The van der Waals surface area contributed by atoms with E-state index in [1.807, 2.05) is 12.1 Å². The van der Waals surface area contributed by atoms with Gasteiger partial charge in [-0.25, -0.2) is 8.42 Å². The van der Waals surface area contributed by atoms with Crippen molar-refractivity contribution in [1.82, 2.24) is 23.2 Å². The van der Waals surface area contributed by atoms with Gasteiger partial charge in [-0.1, -0.05) is 6.07 Å². The average Bonchev–Trinajstić information content (AvgIpc) is 3.29. The summed E-state index contributed by atoms with van der Waals surface area (Å²) in [7, 11) is -3.63. The van der Waals surface area contributed by atoms with Gasteiger partial charge in [0, 0.05) is 39.3 Å². The Kier molecular flexibility index (Phi) is 5.23. The number of hydrogen-bond donors (Lipinski definition) is 0. The molecule has 2 aromatic heterocycles. The summed E-state index contributed by atoms with van der Waals surface area (Å²) < 4.78 is 41.5. The predicted molar refractivity (Wildman–Crippen MR) is 113 cm³/mol. The van der Waals surface area contributed by atoms with Gasteiger partial charge < -0.3 is 14.5 Å². The number of hydrogen-bond acceptors (Lipinski definition) is 10. The molecule has 0 amide bonds. The average molecular weight is 448 g/mol. The van der Waals surface area contributed by atoms with Crippen LogP contribution in [0.3, 0.4) is 0 Å². The van der Waals surface area contributed by atoms with E-state index in [4.69, 9.17) is 4.74 Å². The van der Waals surface area contributed by atoms with E-state index in [9.17, 15) is 8.42 Å². The van der Waals surface area contributed by atoms with Crippen molar-refractivity contribution >= 4 is 44.4 Å². The molecule has 4 heterocycles. The van der Waals surface area contributed by atoms with Gasteiger partial charge in [0.25, 0.3) is 0 Å². The van der Waals surface area contributed by atoms with Gasteiger partial charge in [0.05, 0.1) is 24.9 Å². The summed E-state index contributed by atoms with van der Waals surface area (Å²) in [6.45, 7) is 4.88. The molecule has 0 aliphatic carbocycles. The third-order valence-corrected chi connectivity index (χ3v) is 7.87. The number of piperazine rings is 1. The number of nitrogens with zero attached hydrogens (tertiary/aromatic N) is 7. The van der Waals surface area contributed by atoms with E-state index < -0.39 is 10.0 Å². The molecule has 10 nitrogen and oxygen atoms in total. The van der Waals surface area contributed by atoms with Crippen LogP contribution in [0.15, 0.2) is 35.2 Å². The van der Waals surface area contributed by atoms with Gasteiger partial charge in [0.15, 0.2) is 11.6 Å². The fraction of sp³-hybridized carbons (Fsp3) is 0.444. The van der Waals surface area contributed by atoms with Crippen LogP contribution in [0.25, 0.3) is 11.0 Å². The van der Waals surface area contributed by atoms with Gasteiger partial charge >= 0.3 is 0 Å². The van der Waals surface area contributed by atoms with Crippen LogP contribution in [0.1, 0.15) is 0 Å². The number of ether oxygens (including phenoxy) is 1. The summed E-state index contributed by atoms with van der Waals surface area (Å²) in [5.74, 6) is 1.60. The van der Waals surface area contributed by atoms with Gasteiger partial charge in [-0.3, -0.25) is 0 Å². The van der Waals surface area contributed by atoms with Crippen molar-refractivity contribution < 1.29 is 13.2 Å². The van der Waals surface area contributed by atoms with Gasteiger partial charge in [-0.2, -0.15) is 13.1 Å². The van der Waals surface area contributed by atoms with E-state index in [1.165, 1.54) is 4.31 Å². The highest BCUT2D eigenvalue weighted by Gasteiger charge is 2.31. The maximum atomic E-state index is 13.2. The number of rotatable bonds is 4. The van der Waals surface area contributed by atoms with Gasteiger partial charge in [-0.05, 0) is 24.3 Å². The molecule has 2 saturated heterocycles. The molecule has 0 spiro atoms. The predicted octanol–water partition coefficient (Wildman–Crippen LogP) is 0.829. The first-order valence-electron chi connectivity index (χ1n) is 9.76. The largest absolute Gasteiger partial charge is 0.378 e. The number of anilines is 2. The van der Waals surface area contributed by atoms with Crippen molar-refractivity contribution in [2.75, 3.05) is 62.3 Å². The fourth-order valence-electron chi connectivity index (χ4n) is 3.73. The lowest BCUT2D eigenvalue weighted by molar-refractivity contribution is 0.122. The molecule has 2 aliphatic heterocycles. The Hall–Kier alpha value is -2.41. The van der Waals surface area contributed by atoms with Crippen molar-refractivity contribution in [3.05, 3.63) is 30.3 Å². The summed E-state index contributed by atoms with van der Waals surface area (Å²) in [6.07, 6.45) is 0. The highest BCUT2D eigenvalue weighted by atomic mass is 32.2. The summed E-state index contributed by atoms with van der Waals surface area (Å²) in [4.78, 5) is 4.43. The van der Waals surface area contributed by atoms with Gasteiger partial charge in [-0.15, -0.1) is 10.2 Å². The highest BCUT2D eigenvalue weighted by molar-refractivity contribution is 7.89. The second kappa shape index (κ2) is 8.02. The molecule has 0 bridgehead atoms. The number of sulfonamides is 1. The van der Waals surface area contributed by atoms with Crippen molar-refractivity contribution in [2.45, 2.75) is 4.90 Å². The third-order valence-electron chi connectivity index (χ3n) is 5.40. The van der Waals surface area contributed by atoms with E-state index in [-0.39, 0.29) is 4.90 Å². The molecular weight excluding hydrogens is 426 g/mol. The van der Waals surface area contributed by atoms with E-state index in [0.29, 0.717) is 50.4 Å². The lowest BCUT2D eigenvalue weighted by atomic mass is 10.3. The van der Waals surface area contributed by atoms with E-state index in [0.717, 1.165) is 36.5 Å². The van der Waals surface area contributed by atoms with Crippen molar-refractivity contribution in [1.29, 1.82) is 0 Å². The first-order valence-corrected chi connectivity index (χ1v) is 11.9. The molecule has 0 atom stereocenters. The first-order chi connectivity index (χ1) is 14.6. The van der Waals surface area contributed by atoms with E-state index in [1.54, 1.807) is 18.2 Å². The second-order valence-corrected chi connectivity index (χ2v) is 9.56. The Balaban J connectivity index is 1.27. The first kappa shape index (κ1) is 19.5. The normalized spacial score (nSPS) is 18.8. The summed E-state index contributed by atoms with van der Waals surface area (Å²) in [5.41, 5.74) is 1.05. The summed E-state index contributed by atoms with van der Waals surface area (Å²) in [5, 5.41) is 8.72. The molecule has 158 valence electrons. The smallest absolute Gasteiger partial charge is 0.245 e. The SMILES string of the molecule is O=S(=O)(c1cccc2nsnc12)N1CCN(c2ccc(N3CCOCC3)nn2)CC1. The van der Waals surface area contributed by atoms with Crippen LogP contribution in [0, 0.1) is 0 Å². The molecule has 0 radical (unpaired) electrons. The quantitative estimate of drug-likeness (QED) is 0.575. The Morgan fingerprint density at radius 1 is 0.833 bits per heavy atom. The lowest BCUT2D eigenvalue weighted by Gasteiger charge is -2.34. The number of aromatic nitrogens is 4. The van der Waals surface area contributed by atoms with E-state index >= 15 is 0 Å². The van der Waals surface area contributed by atoms with Crippen LogP contribution in [-0.2, 0) is 14.8 Å². The van der Waals surface area contributed by atoms with E-state index in [2.05, 4.69) is 28.7 Å². The lowest BCUT2D eigenvalue weighted by Crippen LogP contribution is -2.49. The Bertz CT molecular complexity index is 1120. The number of fused-ring (bicyclic) bond motifs is 1. The van der Waals surface area contributed by atoms with Crippen molar-refractivity contribution in [2.24, 2.45) is 0 Å². The zero-order chi connectivity index (χ0) is 20.6. The van der Waals surface area contributed by atoms with Gasteiger partial charge in [0.2, 0.25) is 10.0 Å². The Morgan fingerprint density at radius 2 is 1.50 bits per heavy atom. The number of benzene rings is 1. The summed E-state index contributed by atoms with van der Waals surface area (Å²) >= 11 is 1.02. The molecule has 12 heteroatoms. The minimum Gasteiger partial charge on any atom is -0.378 e. The Morgan fingerprint density at radius 3 is 2.17 bits per heavy atom. The number of morpholine rings is 1. The Labute approximate surface area is 178 Å². The molecule has 5 rings (SSSR count). The molecule has 1 aromatic carbocycles. The standard InChI is InChI=1S/C18H21N7O3S2/c26-30(27,15-3-1-2-14-18(15)22-29-21-14)25-8-6-23(7-9-25)16-4-5-17(20-19-16)24-10-12-28-13-11-24/h1-5H,6-13H2. The molecule has 2 aliphatic rings. The molecule has 0 N–H and O–H groups in total. The van der Waals surface area contributed by atoms with Crippen LogP contribution in [-0.4, -0.2) is 84.1 Å². The van der Waals surface area contributed by atoms with Crippen LogP contribution < -0.4 is 9.80 Å². The van der Waals surface area contributed by atoms with Gasteiger partial charge in [0.1, 0.15) is 15.9 Å². The highest BCUT2D eigenvalue weighted by Crippen LogP contribution is 2.26. The maximum absolute atomic E-state index is 13.2. The maximum Gasteiger partial charge on any atom is 0.245 e. The van der Waals surface area contributed by atoms with Crippen LogP contribution in [0.5, 0.6) is 0 Å². The minimum absolute atomic E-state index is 0.219. The summed E-state index contributed by atoms with van der Waals surface area (Å²) in [6, 6.07) is 8.99. The topological polar surface area (TPSA) is 105 Å². The minimum atomic E-state index is -3.63. The third kappa shape index (κ3) is 3.60. The zero-order valence-electron chi connectivity index (χ0n) is 16.2. The molecule has 30 heavy (non-hydrogen) atoms. The molecule has 0 saturated carbocycles. The van der Waals surface area contributed by atoms with Crippen LogP contribution >= 0.6 is 11.7 Å². The zero-order valence-corrected chi connectivity index (χ0v) is 17.8. The second-order valence-electron chi connectivity index (χ2n) is 7.13. The molecule has 2 fully saturated rings. The molecule has 0 unspecified atom stereocenters. The monoisotopic (exact) mass is 447 g/mol. The molecule has 3 aromatic rings. The fourth-order valence-corrected chi connectivity index (χ4v) is 5.91. The molecular formula is C18H21N7O3S2. The van der Waals surface area contributed by atoms with Crippen LogP contribution in [0.4, 0.5) is 11.6 Å². The van der Waals surface area contributed by atoms with Crippen molar-refractivity contribution in [3.8, 4) is 0 Å². The van der Waals surface area contributed by atoms with Crippen molar-refractivity contribution in [3.63, 3.8) is 0 Å².